The van der Waals surface area contributed by atoms with Crippen LogP contribution in [0.25, 0.3) is 0 Å². The molecule has 0 aliphatic carbocycles. The number of alkyl halides is 1. The van der Waals surface area contributed by atoms with E-state index >= 15 is 0 Å². The van der Waals surface area contributed by atoms with Crippen molar-refractivity contribution in [2.45, 2.75) is 52.8 Å². The number of halogens is 1. The van der Waals surface area contributed by atoms with Crippen molar-refractivity contribution in [1.82, 2.24) is 0 Å². The molecule has 0 saturated carbocycles. The summed E-state index contributed by atoms with van der Waals surface area (Å²) in [5.41, 5.74) is 1.88. The SMILES string of the molecule is Cc1cc(C(Br)CC(C)C(C)(C)C)c(C)s1. The van der Waals surface area contributed by atoms with Gasteiger partial charge in [0.15, 0.2) is 0 Å². The average molecular weight is 303 g/mol. The standard InChI is InChI=1S/C14H23BrS/c1-9(14(4,5)6)7-13(15)12-8-10(2)16-11(12)3/h8-9,13H,7H2,1-6H3. The molecule has 1 aromatic rings. The highest BCUT2D eigenvalue weighted by Crippen LogP contribution is 2.40. The van der Waals surface area contributed by atoms with Gasteiger partial charge in [0.25, 0.3) is 0 Å². The van der Waals surface area contributed by atoms with E-state index in [4.69, 9.17) is 0 Å². The van der Waals surface area contributed by atoms with Gasteiger partial charge in [-0.3, -0.25) is 0 Å². The third-order valence-electron chi connectivity index (χ3n) is 3.46. The van der Waals surface area contributed by atoms with E-state index in [0.29, 0.717) is 10.2 Å². The van der Waals surface area contributed by atoms with Gasteiger partial charge in [-0.25, -0.2) is 0 Å². The van der Waals surface area contributed by atoms with Crippen LogP contribution in [-0.4, -0.2) is 0 Å². The molecule has 0 fully saturated rings. The van der Waals surface area contributed by atoms with Crippen molar-refractivity contribution in [3.05, 3.63) is 21.4 Å². The summed E-state index contributed by atoms with van der Waals surface area (Å²) in [6, 6.07) is 2.33. The molecule has 2 heteroatoms. The van der Waals surface area contributed by atoms with Gasteiger partial charge in [-0.05, 0) is 43.2 Å². The second-order valence-corrected chi connectivity index (χ2v) is 8.40. The van der Waals surface area contributed by atoms with Crippen LogP contribution in [0.5, 0.6) is 0 Å². The maximum atomic E-state index is 3.85. The largest absolute Gasteiger partial charge is 0.146 e. The van der Waals surface area contributed by atoms with Crippen molar-refractivity contribution >= 4 is 27.3 Å². The molecule has 2 unspecified atom stereocenters. The summed E-state index contributed by atoms with van der Waals surface area (Å²) >= 11 is 5.75. The van der Waals surface area contributed by atoms with Crippen LogP contribution in [-0.2, 0) is 0 Å². The Morgan fingerprint density at radius 3 is 2.25 bits per heavy atom. The number of hydrogen-bond acceptors (Lipinski definition) is 1. The topological polar surface area (TPSA) is 0 Å². The summed E-state index contributed by atoms with van der Waals surface area (Å²) in [6.07, 6.45) is 1.21. The number of thiophene rings is 1. The van der Waals surface area contributed by atoms with Crippen LogP contribution < -0.4 is 0 Å². The first-order valence-electron chi connectivity index (χ1n) is 5.93. The van der Waals surface area contributed by atoms with Gasteiger partial charge in [-0.1, -0.05) is 43.6 Å². The molecule has 92 valence electrons. The molecule has 0 nitrogen and oxygen atoms in total. The van der Waals surface area contributed by atoms with E-state index in [1.165, 1.54) is 21.7 Å². The van der Waals surface area contributed by atoms with E-state index in [1.807, 2.05) is 11.3 Å². The van der Waals surface area contributed by atoms with E-state index in [-0.39, 0.29) is 0 Å². The lowest BCUT2D eigenvalue weighted by molar-refractivity contribution is 0.246. The molecular formula is C14H23BrS. The zero-order valence-electron chi connectivity index (χ0n) is 11.2. The lowest BCUT2D eigenvalue weighted by atomic mass is 9.79. The molecular weight excluding hydrogens is 280 g/mol. The first-order valence-corrected chi connectivity index (χ1v) is 7.66. The van der Waals surface area contributed by atoms with E-state index in [0.717, 1.165) is 5.92 Å². The number of rotatable bonds is 3. The van der Waals surface area contributed by atoms with E-state index < -0.39 is 0 Å². The lowest BCUT2D eigenvalue weighted by Gasteiger charge is -2.29. The van der Waals surface area contributed by atoms with E-state index in [1.54, 1.807) is 0 Å². The summed E-state index contributed by atoms with van der Waals surface area (Å²) in [5.74, 6) is 0.719. The zero-order valence-corrected chi connectivity index (χ0v) is 13.6. The fourth-order valence-electron chi connectivity index (χ4n) is 1.75. The number of aryl methyl sites for hydroxylation is 2. The highest BCUT2D eigenvalue weighted by molar-refractivity contribution is 9.09. The maximum Gasteiger partial charge on any atom is 0.0409 e. The van der Waals surface area contributed by atoms with Gasteiger partial charge in [-0.2, -0.15) is 0 Å². The maximum absolute atomic E-state index is 3.85. The Hall–Kier alpha value is 0.180. The molecule has 1 aromatic heterocycles. The van der Waals surface area contributed by atoms with Crippen molar-refractivity contribution < 1.29 is 0 Å². The predicted octanol–water partition coefficient (Wildman–Crippen LogP) is 5.87. The Labute approximate surface area is 113 Å². The Bertz CT molecular complexity index is 346. The molecule has 16 heavy (non-hydrogen) atoms. The quantitative estimate of drug-likeness (QED) is 0.612. The molecule has 1 rings (SSSR count). The Morgan fingerprint density at radius 1 is 1.31 bits per heavy atom. The van der Waals surface area contributed by atoms with Crippen LogP contribution >= 0.6 is 27.3 Å². The average Bonchev–Trinajstić information content (AvgIpc) is 2.43. The highest BCUT2D eigenvalue weighted by Gasteiger charge is 2.24. The van der Waals surface area contributed by atoms with Gasteiger partial charge in [0, 0.05) is 14.6 Å². The predicted molar refractivity (Wildman–Crippen MR) is 78.7 cm³/mol. The van der Waals surface area contributed by atoms with Gasteiger partial charge in [0.05, 0.1) is 0 Å². The van der Waals surface area contributed by atoms with Gasteiger partial charge < -0.3 is 0 Å². The minimum absolute atomic E-state index is 0.394. The first kappa shape index (κ1) is 14.2. The zero-order chi connectivity index (χ0) is 12.5. The van der Waals surface area contributed by atoms with Gasteiger partial charge in [0.1, 0.15) is 0 Å². The van der Waals surface area contributed by atoms with Crippen molar-refractivity contribution in [3.63, 3.8) is 0 Å². The van der Waals surface area contributed by atoms with Crippen molar-refractivity contribution in [3.8, 4) is 0 Å². The molecule has 0 radical (unpaired) electrons. The number of hydrogen-bond donors (Lipinski definition) is 0. The summed E-state index contributed by atoms with van der Waals surface area (Å²) in [7, 11) is 0. The molecule has 0 saturated heterocycles. The first-order chi connectivity index (χ1) is 7.21. The molecule has 0 amide bonds. The smallest absolute Gasteiger partial charge is 0.0409 e. The summed E-state index contributed by atoms with van der Waals surface area (Å²) in [4.78, 5) is 3.38. The molecule has 1 heterocycles. The van der Waals surface area contributed by atoms with Crippen molar-refractivity contribution in [1.29, 1.82) is 0 Å². The van der Waals surface area contributed by atoms with Crippen LogP contribution in [0.4, 0.5) is 0 Å². The molecule has 0 aromatic carbocycles. The van der Waals surface area contributed by atoms with Crippen molar-refractivity contribution in [2.24, 2.45) is 11.3 Å². The monoisotopic (exact) mass is 302 g/mol. The van der Waals surface area contributed by atoms with Crippen LogP contribution in [0.2, 0.25) is 0 Å². The molecule has 0 N–H and O–H groups in total. The summed E-state index contributed by atoms with van der Waals surface area (Å²) in [5, 5.41) is 0. The lowest BCUT2D eigenvalue weighted by Crippen LogP contribution is -2.18. The van der Waals surface area contributed by atoms with Gasteiger partial charge in [0.2, 0.25) is 0 Å². The second-order valence-electron chi connectivity index (χ2n) is 5.84. The molecule has 0 spiro atoms. The Kier molecular flexibility index (Phi) is 4.65. The highest BCUT2D eigenvalue weighted by atomic mass is 79.9. The summed E-state index contributed by atoms with van der Waals surface area (Å²) in [6.45, 7) is 13.7. The minimum atomic E-state index is 0.394. The third-order valence-corrected chi connectivity index (χ3v) is 5.30. The van der Waals surface area contributed by atoms with Crippen molar-refractivity contribution in [2.75, 3.05) is 0 Å². The third kappa shape index (κ3) is 3.59. The molecule has 0 aliphatic heterocycles. The van der Waals surface area contributed by atoms with Crippen LogP contribution in [0.1, 0.15) is 54.3 Å². The Balaban J connectivity index is 2.73. The van der Waals surface area contributed by atoms with Crippen LogP contribution in [0, 0.1) is 25.2 Å². The Morgan fingerprint density at radius 2 is 1.88 bits per heavy atom. The van der Waals surface area contributed by atoms with Gasteiger partial charge >= 0.3 is 0 Å². The second kappa shape index (κ2) is 5.22. The molecule has 2 atom stereocenters. The minimum Gasteiger partial charge on any atom is -0.146 e. The molecule has 0 aliphatic rings. The van der Waals surface area contributed by atoms with E-state index in [9.17, 15) is 0 Å². The van der Waals surface area contributed by atoms with Crippen LogP contribution in [0.3, 0.4) is 0 Å². The summed E-state index contributed by atoms with van der Waals surface area (Å²) < 4.78 is 0. The molecule has 0 bridgehead atoms. The van der Waals surface area contributed by atoms with E-state index in [2.05, 4.69) is 63.5 Å². The normalized spacial score (nSPS) is 16.2. The fraction of sp³-hybridized carbons (Fsp3) is 0.714. The van der Waals surface area contributed by atoms with Gasteiger partial charge in [-0.15, -0.1) is 11.3 Å². The fourth-order valence-corrected chi connectivity index (χ4v) is 3.93. The van der Waals surface area contributed by atoms with Crippen LogP contribution in [0.15, 0.2) is 6.07 Å².